The first-order valence-electron chi connectivity index (χ1n) is 4.00. The van der Waals surface area contributed by atoms with Crippen LogP contribution in [-0.4, -0.2) is 37.7 Å². The van der Waals surface area contributed by atoms with Gasteiger partial charge in [-0.05, 0) is 19.4 Å². The topological polar surface area (TPSA) is 119 Å². The summed E-state index contributed by atoms with van der Waals surface area (Å²) in [7, 11) is -2.96. The summed E-state index contributed by atoms with van der Waals surface area (Å²) in [6.45, 7) is 0.552. The summed E-state index contributed by atoms with van der Waals surface area (Å²) in [4.78, 5) is 27.6. The standard InChI is InChI=1S/C6H15N2O4Si/c7-4-2-1-3-5(8)6(9)12-13(10)11/h5,10-11H,1-4,7-8H2/t5-/m0/s1. The Balaban J connectivity index is 3.57. The van der Waals surface area contributed by atoms with Crippen molar-refractivity contribution in [3.63, 3.8) is 0 Å². The zero-order valence-electron chi connectivity index (χ0n) is 7.27. The normalized spacial score (nSPS) is 13.0. The fraction of sp³-hybridized carbons (Fsp3) is 0.833. The molecule has 0 saturated heterocycles. The molecule has 0 aromatic heterocycles. The molecule has 0 aliphatic rings. The van der Waals surface area contributed by atoms with Crippen LogP contribution in [0.4, 0.5) is 0 Å². The van der Waals surface area contributed by atoms with E-state index in [4.69, 9.17) is 21.1 Å². The quantitative estimate of drug-likeness (QED) is 0.294. The van der Waals surface area contributed by atoms with Crippen molar-refractivity contribution >= 4 is 15.5 Å². The predicted octanol–water partition coefficient (Wildman–Crippen LogP) is -2.04. The first-order valence-corrected chi connectivity index (χ1v) is 5.30. The van der Waals surface area contributed by atoms with Gasteiger partial charge in [-0.3, -0.25) is 4.79 Å². The molecule has 0 bridgehead atoms. The van der Waals surface area contributed by atoms with E-state index in [9.17, 15) is 4.79 Å². The first kappa shape index (κ1) is 12.5. The average Bonchev–Trinajstić information content (AvgIpc) is 2.03. The SMILES string of the molecule is NCCCC[C@H](N)C(=O)O[Si](O)O. The molecule has 0 fully saturated rings. The lowest BCUT2D eigenvalue weighted by Gasteiger charge is -2.10. The lowest BCUT2D eigenvalue weighted by molar-refractivity contribution is -0.138. The van der Waals surface area contributed by atoms with Crippen LogP contribution in [0.15, 0.2) is 0 Å². The zero-order chi connectivity index (χ0) is 10.3. The highest BCUT2D eigenvalue weighted by molar-refractivity contribution is 6.35. The lowest BCUT2D eigenvalue weighted by atomic mass is 10.1. The fourth-order valence-corrected chi connectivity index (χ4v) is 1.12. The molecule has 0 spiro atoms. The molecule has 1 atom stereocenters. The molecule has 0 rings (SSSR count). The second kappa shape index (κ2) is 6.98. The fourth-order valence-electron chi connectivity index (χ4n) is 0.792. The van der Waals surface area contributed by atoms with Gasteiger partial charge in [0.2, 0.25) is 0 Å². The summed E-state index contributed by atoms with van der Waals surface area (Å²) < 4.78 is 4.16. The van der Waals surface area contributed by atoms with Crippen LogP contribution in [0.2, 0.25) is 0 Å². The molecule has 0 aliphatic carbocycles. The van der Waals surface area contributed by atoms with Crippen LogP contribution in [0, 0.1) is 0 Å². The van der Waals surface area contributed by atoms with Gasteiger partial charge in [0.25, 0.3) is 0 Å². The number of carbonyl (C=O) groups excluding carboxylic acids is 1. The molecule has 6 nitrogen and oxygen atoms in total. The number of hydrogen-bond donors (Lipinski definition) is 4. The van der Waals surface area contributed by atoms with Crippen LogP contribution < -0.4 is 11.5 Å². The number of nitrogens with two attached hydrogens (primary N) is 2. The molecule has 6 N–H and O–H groups in total. The molecule has 0 saturated carbocycles. The first-order chi connectivity index (χ1) is 6.07. The minimum Gasteiger partial charge on any atom is -0.470 e. The van der Waals surface area contributed by atoms with Gasteiger partial charge in [-0.25, -0.2) is 0 Å². The van der Waals surface area contributed by atoms with E-state index in [0.717, 1.165) is 12.8 Å². The summed E-state index contributed by atoms with van der Waals surface area (Å²) in [5.74, 6) is -0.768. The van der Waals surface area contributed by atoms with Gasteiger partial charge in [0.05, 0.1) is 0 Å². The summed E-state index contributed by atoms with van der Waals surface area (Å²) in [6, 6.07) is -0.786. The Bertz CT molecular complexity index is 156. The monoisotopic (exact) mass is 207 g/mol. The van der Waals surface area contributed by atoms with Gasteiger partial charge in [0.1, 0.15) is 6.04 Å². The maximum absolute atomic E-state index is 10.9. The number of unbranched alkanes of at least 4 members (excludes halogenated alkanes) is 1. The van der Waals surface area contributed by atoms with Crippen molar-refractivity contribution in [1.82, 2.24) is 0 Å². The van der Waals surface area contributed by atoms with Gasteiger partial charge in [-0.15, -0.1) is 0 Å². The number of hydrogen-bond acceptors (Lipinski definition) is 6. The molecule has 77 valence electrons. The molecule has 0 heterocycles. The Kier molecular flexibility index (Phi) is 6.73. The molecular formula is C6H15N2O4Si. The van der Waals surface area contributed by atoms with Crippen molar-refractivity contribution in [2.24, 2.45) is 11.5 Å². The van der Waals surface area contributed by atoms with E-state index in [-0.39, 0.29) is 0 Å². The van der Waals surface area contributed by atoms with Gasteiger partial charge >= 0.3 is 15.5 Å². The average molecular weight is 207 g/mol. The van der Waals surface area contributed by atoms with Crippen molar-refractivity contribution < 1.29 is 18.8 Å². The highest BCUT2D eigenvalue weighted by atomic mass is 28.3. The van der Waals surface area contributed by atoms with Crippen LogP contribution in [0.1, 0.15) is 19.3 Å². The van der Waals surface area contributed by atoms with E-state index in [1.807, 2.05) is 0 Å². The van der Waals surface area contributed by atoms with Crippen molar-refractivity contribution in [1.29, 1.82) is 0 Å². The van der Waals surface area contributed by atoms with Crippen molar-refractivity contribution in [2.75, 3.05) is 6.54 Å². The van der Waals surface area contributed by atoms with Crippen LogP contribution in [0.25, 0.3) is 0 Å². The molecular weight excluding hydrogens is 192 g/mol. The van der Waals surface area contributed by atoms with Crippen molar-refractivity contribution in [2.45, 2.75) is 25.3 Å². The van der Waals surface area contributed by atoms with Gasteiger partial charge in [0, 0.05) is 0 Å². The summed E-state index contributed by atoms with van der Waals surface area (Å²) in [6.07, 6.45) is 1.97. The summed E-state index contributed by atoms with van der Waals surface area (Å²) >= 11 is 0. The molecule has 0 aliphatic heterocycles. The maximum Gasteiger partial charge on any atom is 0.652 e. The molecule has 0 aromatic carbocycles. The minimum atomic E-state index is -2.96. The molecule has 13 heavy (non-hydrogen) atoms. The van der Waals surface area contributed by atoms with Crippen molar-refractivity contribution in [3.05, 3.63) is 0 Å². The molecule has 0 amide bonds. The zero-order valence-corrected chi connectivity index (χ0v) is 8.27. The van der Waals surface area contributed by atoms with E-state index >= 15 is 0 Å². The maximum atomic E-state index is 10.9. The van der Waals surface area contributed by atoms with E-state index < -0.39 is 21.5 Å². The third kappa shape index (κ3) is 6.67. The number of rotatable bonds is 6. The van der Waals surface area contributed by atoms with Gasteiger partial charge < -0.3 is 25.5 Å². The van der Waals surface area contributed by atoms with Crippen LogP contribution >= 0.6 is 0 Å². The Labute approximate surface area is 78.5 Å². The van der Waals surface area contributed by atoms with Gasteiger partial charge in [-0.2, -0.15) is 0 Å². The lowest BCUT2D eigenvalue weighted by Crippen LogP contribution is -2.36. The third-order valence-electron chi connectivity index (χ3n) is 1.46. The van der Waals surface area contributed by atoms with Crippen molar-refractivity contribution in [3.8, 4) is 0 Å². The highest BCUT2D eigenvalue weighted by Gasteiger charge is 2.20. The van der Waals surface area contributed by atoms with E-state index in [2.05, 4.69) is 4.43 Å². The molecule has 7 heteroatoms. The second-order valence-corrected chi connectivity index (χ2v) is 3.36. The molecule has 0 aromatic rings. The Morgan fingerprint density at radius 2 is 2.08 bits per heavy atom. The van der Waals surface area contributed by atoms with E-state index in [1.54, 1.807) is 0 Å². The Hall–Kier alpha value is -0.473. The Morgan fingerprint density at radius 3 is 2.54 bits per heavy atom. The third-order valence-corrected chi connectivity index (χ3v) is 1.85. The number of carbonyl (C=O) groups is 1. The largest absolute Gasteiger partial charge is 0.652 e. The van der Waals surface area contributed by atoms with E-state index in [0.29, 0.717) is 13.0 Å². The smallest absolute Gasteiger partial charge is 0.470 e. The van der Waals surface area contributed by atoms with Gasteiger partial charge in [-0.1, -0.05) is 6.42 Å². The Morgan fingerprint density at radius 1 is 1.46 bits per heavy atom. The summed E-state index contributed by atoms with van der Waals surface area (Å²) in [5, 5.41) is 0. The van der Waals surface area contributed by atoms with Gasteiger partial charge in [0.15, 0.2) is 0 Å². The van der Waals surface area contributed by atoms with Crippen LogP contribution in [0.3, 0.4) is 0 Å². The highest BCUT2D eigenvalue weighted by Crippen LogP contribution is 1.99. The van der Waals surface area contributed by atoms with Crippen LogP contribution in [0.5, 0.6) is 0 Å². The molecule has 0 unspecified atom stereocenters. The van der Waals surface area contributed by atoms with Crippen LogP contribution in [-0.2, 0) is 9.22 Å². The predicted molar refractivity (Wildman–Crippen MR) is 47.2 cm³/mol. The van der Waals surface area contributed by atoms with E-state index in [1.165, 1.54) is 0 Å². The molecule has 1 radical (unpaired) electrons. The minimum absolute atomic E-state index is 0.450. The second-order valence-electron chi connectivity index (χ2n) is 2.59. The summed E-state index contributed by atoms with van der Waals surface area (Å²) in [5.41, 5.74) is 10.6.